The number of methoxy groups -OCH3 is 2. The lowest BCUT2D eigenvalue weighted by atomic mass is 9.82. The van der Waals surface area contributed by atoms with Gasteiger partial charge in [0.05, 0.1) is 19.8 Å². The molecule has 1 saturated carbocycles. The Morgan fingerprint density at radius 2 is 2.00 bits per heavy atom. The van der Waals surface area contributed by atoms with Crippen molar-refractivity contribution >= 4 is 5.91 Å². The van der Waals surface area contributed by atoms with Crippen molar-refractivity contribution in [2.45, 2.75) is 50.6 Å². The lowest BCUT2D eigenvalue weighted by Crippen LogP contribution is -2.54. The van der Waals surface area contributed by atoms with E-state index in [0.29, 0.717) is 24.5 Å². The van der Waals surface area contributed by atoms with Crippen molar-refractivity contribution in [1.29, 1.82) is 0 Å². The highest BCUT2D eigenvalue weighted by Crippen LogP contribution is 2.33. The van der Waals surface area contributed by atoms with Crippen LogP contribution < -0.4 is 20.5 Å². The number of hydrogen-bond acceptors (Lipinski definition) is 4. The topological polar surface area (TPSA) is 73.6 Å². The van der Waals surface area contributed by atoms with Gasteiger partial charge < -0.3 is 20.5 Å². The summed E-state index contributed by atoms with van der Waals surface area (Å²) in [5.74, 6) is 1.29. The minimum Gasteiger partial charge on any atom is -0.493 e. The van der Waals surface area contributed by atoms with E-state index < -0.39 is 5.54 Å². The van der Waals surface area contributed by atoms with Crippen molar-refractivity contribution in [1.82, 2.24) is 5.32 Å². The van der Waals surface area contributed by atoms with E-state index in [9.17, 15) is 4.79 Å². The summed E-state index contributed by atoms with van der Waals surface area (Å²) in [5, 5.41) is 2.98. The van der Waals surface area contributed by atoms with Crippen molar-refractivity contribution in [2.24, 2.45) is 5.73 Å². The minimum atomic E-state index is -0.723. The number of carbonyl (C=O) groups excluding carboxylic acids is 1. The van der Waals surface area contributed by atoms with Gasteiger partial charge in [0.1, 0.15) is 0 Å². The van der Waals surface area contributed by atoms with Gasteiger partial charge in [0.15, 0.2) is 11.5 Å². The molecular weight excluding hydrogens is 304 g/mol. The van der Waals surface area contributed by atoms with Gasteiger partial charge in [0.2, 0.25) is 5.91 Å². The van der Waals surface area contributed by atoms with Gasteiger partial charge in [-0.2, -0.15) is 0 Å². The number of hydrogen-bond donors (Lipinski definition) is 2. The molecule has 0 unspecified atom stereocenters. The zero-order valence-electron chi connectivity index (χ0n) is 14.7. The zero-order chi connectivity index (χ0) is 17.6. The summed E-state index contributed by atoms with van der Waals surface area (Å²) in [7, 11) is 3.22. The first-order valence-electron chi connectivity index (χ1n) is 8.46. The maximum atomic E-state index is 12.5. The molecule has 0 aliphatic heterocycles. The predicted molar refractivity (Wildman–Crippen MR) is 95.3 cm³/mol. The Bertz CT molecular complexity index is 593. The molecule has 1 aromatic carbocycles. The van der Waals surface area contributed by atoms with Crippen LogP contribution >= 0.6 is 0 Å². The van der Waals surface area contributed by atoms with Crippen molar-refractivity contribution in [3.05, 3.63) is 35.9 Å². The summed E-state index contributed by atoms with van der Waals surface area (Å²) in [6.07, 6.45) is 7.19. The number of amides is 1. The lowest BCUT2D eigenvalue weighted by Gasteiger charge is -2.31. The van der Waals surface area contributed by atoms with Gasteiger partial charge in [0.25, 0.3) is 0 Å². The number of nitrogens with two attached hydrogens (primary N) is 1. The third-order valence-corrected chi connectivity index (χ3v) is 4.63. The fourth-order valence-electron chi connectivity index (χ4n) is 3.28. The Morgan fingerprint density at radius 3 is 2.58 bits per heavy atom. The standard InChI is InChI=1S/C19H28N2O3/c1-4-8-15-11-14(12-16(23-2)17(15)24-3)13-21-18(22)19(20)9-6-5-7-10-19/h4,11-12H,1,5-10,13,20H2,2-3H3,(H,21,22). The Hall–Kier alpha value is -2.01. The number of benzene rings is 1. The third kappa shape index (κ3) is 4.09. The minimum absolute atomic E-state index is 0.0674. The van der Waals surface area contributed by atoms with Crippen LogP contribution in [0.15, 0.2) is 24.8 Å². The first-order chi connectivity index (χ1) is 11.5. The quantitative estimate of drug-likeness (QED) is 0.753. The smallest absolute Gasteiger partial charge is 0.240 e. The van der Waals surface area contributed by atoms with Crippen LogP contribution in [0.3, 0.4) is 0 Å². The molecule has 0 bridgehead atoms. The normalized spacial score (nSPS) is 16.3. The molecule has 132 valence electrons. The highest BCUT2D eigenvalue weighted by atomic mass is 16.5. The number of rotatable bonds is 7. The molecule has 24 heavy (non-hydrogen) atoms. The molecule has 2 rings (SSSR count). The van der Waals surface area contributed by atoms with Crippen LogP contribution in [0.1, 0.15) is 43.2 Å². The molecule has 0 atom stereocenters. The van der Waals surface area contributed by atoms with Gasteiger partial charge in [-0.1, -0.05) is 25.3 Å². The summed E-state index contributed by atoms with van der Waals surface area (Å²) < 4.78 is 10.8. The van der Waals surface area contributed by atoms with Crippen LogP contribution in [0.5, 0.6) is 11.5 Å². The van der Waals surface area contributed by atoms with Gasteiger partial charge in [-0.3, -0.25) is 4.79 Å². The second-order valence-electron chi connectivity index (χ2n) is 6.38. The second kappa shape index (κ2) is 8.20. The SMILES string of the molecule is C=CCc1cc(CNC(=O)C2(N)CCCCC2)cc(OC)c1OC. The average Bonchev–Trinajstić information content (AvgIpc) is 2.60. The summed E-state index contributed by atoms with van der Waals surface area (Å²) in [6.45, 7) is 4.20. The number of ether oxygens (including phenoxy) is 2. The molecule has 3 N–H and O–H groups in total. The third-order valence-electron chi connectivity index (χ3n) is 4.63. The van der Waals surface area contributed by atoms with Crippen LogP contribution in [0, 0.1) is 0 Å². The van der Waals surface area contributed by atoms with E-state index in [2.05, 4.69) is 11.9 Å². The maximum Gasteiger partial charge on any atom is 0.240 e. The number of carbonyl (C=O) groups is 1. The molecule has 0 radical (unpaired) electrons. The fourth-order valence-corrected chi connectivity index (χ4v) is 3.28. The number of allylic oxidation sites excluding steroid dienone is 1. The van der Waals surface area contributed by atoms with Crippen molar-refractivity contribution in [3.8, 4) is 11.5 Å². The summed E-state index contributed by atoms with van der Waals surface area (Å²) in [6, 6.07) is 3.89. The van der Waals surface area contributed by atoms with Gasteiger partial charge >= 0.3 is 0 Å². The molecule has 5 heteroatoms. The van der Waals surface area contributed by atoms with Crippen LogP contribution in [-0.2, 0) is 17.8 Å². The highest BCUT2D eigenvalue weighted by molar-refractivity contribution is 5.86. The maximum absolute atomic E-state index is 12.5. The molecule has 0 saturated heterocycles. The van der Waals surface area contributed by atoms with E-state index in [1.807, 2.05) is 18.2 Å². The number of nitrogens with one attached hydrogen (secondary N) is 1. The Balaban J connectivity index is 2.12. The summed E-state index contributed by atoms with van der Waals surface area (Å²) >= 11 is 0. The Morgan fingerprint density at radius 1 is 1.29 bits per heavy atom. The van der Waals surface area contributed by atoms with E-state index in [1.54, 1.807) is 14.2 Å². The first-order valence-corrected chi connectivity index (χ1v) is 8.46. The zero-order valence-corrected chi connectivity index (χ0v) is 14.7. The molecule has 5 nitrogen and oxygen atoms in total. The molecule has 0 spiro atoms. The summed E-state index contributed by atoms with van der Waals surface area (Å²) in [5.41, 5.74) is 7.49. The molecule has 1 amide bonds. The Labute approximate surface area is 144 Å². The van der Waals surface area contributed by atoms with Gasteiger partial charge in [-0.15, -0.1) is 6.58 Å². The molecule has 0 heterocycles. The van der Waals surface area contributed by atoms with E-state index in [-0.39, 0.29) is 5.91 Å². The first kappa shape index (κ1) is 18.3. The molecule has 1 aromatic rings. The highest BCUT2D eigenvalue weighted by Gasteiger charge is 2.34. The lowest BCUT2D eigenvalue weighted by molar-refractivity contribution is -0.127. The summed E-state index contributed by atoms with van der Waals surface area (Å²) in [4.78, 5) is 12.5. The van der Waals surface area contributed by atoms with Crippen LogP contribution in [-0.4, -0.2) is 25.7 Å². The average molecular weight is 332 g/mol. The molecule has 1 aliphatic rings. The van der Waals surface area contributed by atoms with E-state index in [1.165, 1.54) is 0 Å². The predicted octanol–water partition coefficient (Wildman–Crippen LogP) is 2.71. The van der Waals surface area contributed by atoms with Gasteiger partial charge in [0, 0.05) is 12.1 Å². The van der Waals surface area contributed by atoms with Crippen molar-refractivity contribution in [2.75, 3.05) is 14.2 Å². The molecular formula is C19H28N2O3. The van der Waals surface area contributed by atoms with Crippen molar-refractivity contribution < 1.29 is 14.3 Å². The Kier molecular flexibility index (Phi) is 6.26. The second-order valence-corrected chi connectivity index (χ2v) is 6.38. The van der Waals surface area contributed by atoms with E-state index in [0.717, 1.165) is 43.2 Å². The largest absolute Gasteiger partial charge is 0.493 e. The van der Waals surface area contributed by atoms with Crippen LogP contribution in [0.4, 0.5) is 0 Å². The van der Waals surface area contributed by atoms with E-state index >= 15 is 0 Å². The van der Waals surface area contributed by atoms with Gasteiger partial charge in [-0.25, -0.2) is 0 Å². The van der Waals surface area contributed by atoms with Crippen LogP contribution in [0.25, 0.3) is 0 Å². The van der Waals surface area contributed by atoms with E-state index in [4.69, 9.17) is 15.2 Å². The fraction of sp³-hybridized carbons (Fsp3) is 0.526. The molecule has 0 aromatic heterocycles. The molecule has 1 fully saturated rings. The monoisotopic (exact) mass is 332 g/mol. The van der Waals surface area contributed by atoms with Crippen molar-refractivity contribution in [3.63, 3.8) is 0 Å². The molecule has 1 aliphatic carbocycles. The van der Waals surface area contributed by atoms with Gasteiger partial charge in [-0.05, 0) is 37.0 Å². The van der Waals surface area contributed by atoms with Crippen LogP contribution in [0.2, 0.25) is 0 Å².